The number of halogens is 3. The van der Waals surface area contributed by atoms with E-state index < -0.39 is 11.7 Å². The highest BCUT2D eigenvalue weighted by Crippen LogP contribution is 2.51. The van der Waals surface area contributed by atoms with Gasteiger partial charge in [0.05, 0.1) is 65.3 Å². The summed E-state index contributed by atoms with van der Waals surface area (Å²) in [6.45, 7) is 32.6. The minimum atomic E-state index is -4.83. The molecule has 0 amide bonds. The molecule has 2 heterocycles. The molecular weight excluding hydrogens is 778 g/mol. The third-order valence-electron chi connectivity index (χ3n) is 11.5. The maximum Gasteiger partial charge on any atom is 0.415 e. The van der Waals surface area contributed by atoms with Crippen LogP contribution < -0.4 is 0 Å². The molecule has 0 radical (unpaired) electrons. The fraction of sp³-hybridized carbons (Fsp3) is 0.0189. The highest BCUT2D eigenvalue weighted by Gasteiger charge is 2.36. The van der Waals surface area contributed by atoms with Crippen LogP contribution in [0.15, 0.2) is 164 Å². The van der Waals surface area contributed by atoms with Gasteiger partial charge in [-0.05, 0) is 70.3 Å². The molecular formula is C53H27F3N6. The van der Waals surface area contributed by atoms with Crippen molar-refractivity contribution in [1.82, 2.24) is 9.13 Å². The van der Waals surface area contributed by atoms with Crippen molar-refractivity contribution in [1.29, 1.82) is 0 Å². The molecule has 10 rings (SSSR count). The van der Waals surface area contributed by atoms with Gasteiger partial charge >= 0.3 is 6.18 Å². The fourth-order valence-electron chi connectivity index (χ4n) is 8.85. The van der Waals surface area contributed by atoms with E-state index in [0.29, 0.717) is 28.1 Å². The Bertz CT molecular complexity index is 3690. The van der Waals surface area contributed by atoms with Crippen LogP contribution in [-0.2, 0) is 6.18 Å². The van der Waals surface area contributed by atoms with E-state index in [9.17, 15) is 0 Å². The number of para-hydroxylation sites is 4. The van der Waals surface area contributed by atoms with E-state index in [1.54, 1.807) is 24.3 Å². The van der Waals surface area contributed by atoms with Crippen LogP contribution in [0.1, 0.15) is 5.56 Å². The van der Waals surface area contributed by atoms with E-state index in [1.165, 1.54) is 12.1 Å². The molecule has 0 fully saturated rings. The largest absolute Gasteiger partial charge is 0.415 e. The standard InChI is InChI=1S/C53H27F3N6/c1-57-42-19-9-5-14-34(42)32-24-27-47-39(30-32)36-16-7-11-22-45(36)61(47)49-29-26-38(50-41(53(54,55)56)18-13-21-44(50)59-3)52(51(49)60-4)62-46-23-12-8-17-37(46)40-31-33(25-28-48(40)62)35-15-6-10-20-43(35)58-2/h5-31H. The number of benzene rings is 8. The van der Waals surface area contributed by atoms with E-state index in [1.807, 2.05) is 130 Å². The lowest BCUT2D eigenvalue weighted by molar-refractivity contribution is -0.137. The quantitative estimate of drug-likeness (QED) is 0.155. The highest BCUT2D eigenvalue weighted by molar-refractivity contribution is 6.14. The van der Waals surface area contributed by atoms with Gasteiger partial charge in [-0.25, -0.2) is 19.4 Å². The Labute approximate surface area is 353 Å². The molecule has 10 aromatic rings. The molecule has 9 heteroatoms. The molecule has 0 aliphatic heterocycles. The molecule has 0 saturated heterocycles. The SMILES string of the molecule is [C-]#[N+]c1ccccc1-c1ccc2c(c1)c1ccccc1n2-c1ccc(-c2c([N+]#[C-])cccc2C(F)(F)F)c(-n2c3ccccc3c3cc(-c4ccccc4[N+]#[C-])ccc32)c1[N+]#[C-]. The van der Waals surface area contributed by atoms with Crippen LogP contribution in [0, 0.1) is 26.3 Å². The molecule has 0 aliphatic carbocycles. The van der Waals surface area contributed by atoms with Gasteiger partial charge in [0.1, 0.15) is 0 Å². The zero-order valence-electron chi connectivity index (χ0n) is 32.4. The molecule has 0 N–H and O–H groups in total. The second-order valence-electron chi connectivity index (χ2n) is 14.7. The molecule has 8 aromatic carbocycles. The van der Waals surface area contributed by atoms with Crippen LogP contribution >= 0.6 is 0 Å². The summed E-state index contributed by atoms with van der Waals surface area (Å²) in [5, 5.41) is 3.30. The summed E-state index contributed by atoms with van der Waals surface area (Å²) in [7, 11) is 0. The summed E-state index contributed by atoms with van der Waals surface area (Å²) in [6, 6.07) is 48.5. The normalized spacial score (nSPS) is 11.4. The van der Waals surface area contributed by atoms with Crippen LogP contribution in [0.4, 0.5) is 35.9 Å². The number of rotatable bonds is 5. The smallest absolute Gasteiger partial charge is 0.319 e. The molecule has 0 bridgehead atoms. The maximum absolute atomic E-state index is 15.1. The Morgan fingerprint density at radius 2 is 0.887 bits per heavy atom. The zero-order valence-corrected chi connectivity index (χ0v) is 32.4. The number of hydrogen-bond acceptors (Lipinski definition) is 0. The van der Waals surface area contributed by atoms with Gasteiger partial charge in [-0.1, -0.05) is 121 Å². The average Bonchev–Trinajstić information content (AvgIpc) is 3.82. The highest BCUT2D eigenvalue weighted by atomic mass is 19.4. The number of aromatic nitrogens is 2. The van der Waals surface area contributed by atoms with Gasteiger partial charge in [0, 0.05) is 27.1 Å². The third-order valence-corrected chi connectivity index (χ3v) is 11.5. The molecule has 290 valence electrons. The van der Waals surface area contributed by atoms with Crippen molar-refractivity contribution in [2.45, 2.75) is 6.18 Å². The Hall–Kier alpha value is -8.89. The van der Waals surface area contributed by atoms with E-state index in [4.69, 9.17) is 26.3 Å². The van der Waals surface area contributed by atoms with Crippen molar-refractivity contribution in [3.05, 3.63) is 215 Å². The topological polar surface area (TPSA) is 27.3 Å². The summed E-state index contributed by atoms with van der Waals surface area (Å²) in [6.07, 6.45) is -4.83. The van der Waals surface area contributed by atoms with Gasteiger partial charge in [-0.3, -0.25) is 0 Å². The Morgan fingerprint density at radius 1 is 0.403 bits per heavy atom. The second kappa shape index (κ2) is 14.4. The lowest BCUT2D eigenvalue weighted by atomic mass is 9.94. The van der Waals surface area contributed by atoms with E-state index in [0.717, 1.165) is 60.9 Å². The lowest BCUT2D eigenvalue weighted by Gasteiger charge is -2.23. The van der Waals surface area contributed by atoms with Gasteiger partial charge < -0.3 is 9.13 Å². The first-order chi connectivity index (χ1) is 30.2. The molecule has 2 aromatic heterocycles. The van der Waals surface area contributed by atoms with Crippen molar-refractivity contribution >= 4 is 66.4 Å². The summed E-state index contributed by atoms with van der Waals surface area (Å²) in [4.78, 5) is 15.3. The average molecular weight is 805 g/mol. The number of alkyl halides is 3. The molecule has 0 atom stereocenters. The first-order valence-electron chi connectivity index (χ1n) is 19.4. The third kappa shape index (κ3) is 5.70. The predicted octanol–water partition coefficient (Wildman–Crippen LogP) is 16.1. The van der Waals surface area contributed by atoms with Crippen molar-refractivity contribution in [2.24, 2.45) is 0 Å². The van der Waals surface area contributed by atoms with Gasteiger partial charge in [-0.15, -0.1) is 0 Å². The van der Waals surface area contributed by atoms with Gasteiger partial charge in [0.25, 0.3) is 0 Å². The van der Waals surface area contributed by atoms with Crippen molar-refractivity contribution in [3.63, 3.8) is 0 Å². The molecule has 0 spiro atoms. The van der Waals surface area contributed by atoms with Gasteiger partial charge in [-0.2, -0.15) is 13.2 Å². The van der Waals surface area contributed by atoms with Crippen LogP contribution in [0.25, 0.3) is 108 Å². The summed E-state index contributed by atoms with van der Waals surface area (Å²) >= 11 is 0. The van der Waals surface area contributed by atoms with Crippen LogP contribution in [0.3, 0.4) is 0 Å². The number of fused-ring (bicyclic) bond motifs is 6. The second-order valence-corrected chi connectivity index (χ2v) is 14.7. The van der Waals surface area contributed by atoms with Gasteiger partial charge in [0.15, 0.2) is 17.1 Å². The van der Waals surface area contributed by atoms with Crippen molar-refractivity contribution in [3.8, 4) is 44.8 Å². The number of hydrogen-bond donors (Lipinski definition) is 0. The summed E-state index contributed by atoms with van der Waals surface area (Å²) < 4.78 is 49.2. The Morgan fingerprint density at radius 3 is 1.44 bits per heavy atom. The Balaban J connectivity index is 1.35. The predicted molar refractivity (Wildman–Crippen MR) is 241 cm³/mol. The molecule has 62 heavy (non-hydrogen) atoms. The van der Waals surface area contributed by atoms with E-state index in [-0.39, 0.29) is 28.2 Å². The van der Waals surface area contributed by atoms with E-state index >= 15 is 13.2 Å². The van der Waals surface area contributed by atoms with Crippen molar-refractivity contribution in [2.75, 3.05) is 0 Å². The Kier molecular flexibility index (Phi) is 8.70. The summed E-state index contributed by atoms with van der Waals surface area (Å²) in [5.74, 6) is 0. The molecule has 0 aliphatic rings. The van der Waals surface area contributed by atoms with Gasteiger partial charge in [0.2, 0.25) is 5.69 Å². The first-order valence-corrected chi connectivity index (χ1v) is 19.4. The van der Waals surface area contributed by atoms with Crippen LogP contribution in [0.2, 0.25) is 0 Å². The lowest BCUT2D eigenvalue weighted by Crippen LogP contribution is -2.09. The minimum Gasteiger partial charge on any atom is -0.319 e. The molecule has 6 nitrogen and oxygen atoms in total. The minimum absolute atomic E-state index is 0.0718. The van der Waals surface area contributed by atoms with Crippen molar-refractivity contribution < 1.29 is 13.2 Å². The summed E-state index contributed by atoms with van der Waals surface area (Å²) in [5.41, 5.74) is 6.17. The van der Waals surface area contributed by atoms with E-state index in [2.05, 4.69) is 19.4 Å². The monoisotopic (exact) mass is 804 g/mol. The molecule has 0 unspecified atom stereocenters. The molecule has 0 saturated carbocycles. The fourth-order valence-corrected chi connectivity index (χ4v) is 8.85. The van der Waals surface area contributed by atoms with Crippen LogP contribution in [-0.4, -0.2) is 9.13 Å². The number of nitrogens with zero attached hydrogens (tertiary/aromatic N) is 6. The van der Waals surface area contributed by atoms with Crippen LogP contribution in [0.5, 0.6) is 0 Å². The zero-order chi connectivity index (χ0) is 42.7. The maximum atomic E-state index is 15.1. The first kappa shape index (κ1) is 37.4.